The molecule has 5 heteroatoms. The summed E-state index contributed by atoms with van der Waals surface area (Å²) in [5.74, 6) is 0.474. The zero-order chi connectivity index (χ0) is 14.5. The van der Waals surface area contributed by atoms with E-state index in [0.29, 0.717) is 18.0 Å². The van der Waals surface area contributed by atoms with E-state index in [1.807, 2.05) is 24.3 Å². The summed E-state index contributed by atoms with van der Waals surface area (Å²) >= 11 is 0. The van der Waals surface area contributed by atoms with Gasteiger partial charge >= 0.3 is 0 Å². The number of hydrogen-bond donors (Lipinski definition) is 2. The highest BCUT2D eigenvalue weighted by atomic mass is 35.5. The lowest BCUT2D eigenvalue weighted by Gasteiger charge is -2.32. The van der Waals surface area contributed by atoms with E-state index in [2.05, 4.69) is 19.2 Å². The van der Waals surface area contributed by atoms with Crippen molar-refractivity contribution in [1.29, 1.82) is 0 Å². The average molecular weight is 313 g/mol. The summed E-state index contributed by atoms with van der Waals surface area (Å²) in [7, 11) is 0. The van der Waals surface area contributed by atoms with Gasteiger partial charge in [-0.3, -0.25) is 4.79 Å². The highest BCUT2D eigenvalue weighted by Gasteiger charge is 2.26. The highest BCUT2D eigenvalue weighted by Crippen LogP contribution is 2.20. The van der Waals surface area contributed by atoms with Crippen LogP contribution in [-0.4, -0.2) is 24.7 Å². The minimum Gasteiger partial charge on any atom is -0.378 e. The second-order valence-electron chi connectivity index (χ2n) is 5.75. The molecule has 1 amide bonds. The molecule has 2 rings (SSSR count). The van der Waals surface area contributed by atoms with Crippen LogP contribution in [0.25, 0.3) is 0 Å². The first-order valence-corrected chi connectivity index (χ1v) is 7.31. The molecule has 4 nitrogen and oxygen atoms in total. The predicted octanol–water partition coefficient (Wildman–Crippen LogP) is 2.50. The minimum atomic E-state index is -0.0111. The molecule has 3 N–H and O–H groups in total. The molecule has 1 aliphatic rings. The number of nitrogens with two attached hydrogens (primary N) is 1. The van der Waals surface area contributed by atoms with Gasteiger partial charge in [0.1, 0.15) is 0 Å². The van der Waals surface area contributed by atoms with E-state index in [1.54, 1.807) is 0 Å². The monoisotopic (exact) mass is 312 g/mol. The van der Waals surface area contributed by atoms with Gasteiger partial charge < -0.3 is 15.8 Å². The lowest BCUT2D eigenvalue weighted by atomic mass is 9.95. The van der Waals surface area contributed by atoms with Gasteiger partial charge in [-0.1, -0.05) is 26.0 Å². The van der Waals surface area contributed by atoms with Crippen molar-refractivity contribution in [3.63, 3.8) is 0 Å². The third-order valence-electron chi connectivity index (χ3n) is 3.85. The van der Waals surface area contributed by atoms with Crippen LogP contribution in [0.3, 0.4) is 0 Å². The molecule has 0 spiro atoms. The smallest absolute Gasteiger partial charge is 0.251 e. The Balaban J connectivity index is 0.00000220. The van der Waals surface area contributed by atoms with Crippen molar-refractivity contribution in [2.75, 3.05) is 6.61 Å². The Morgan fingerprint density at radius 3 is 2.62 bits per heavy atom. The van der Waals surface area contributed by atoms with Gasteiger partial charge in [-0.25, -0.2) is 0 Å². The molecule has 1 fully saturated rings. The predicted molar refractivity (Wildman–Crippen MR) is 86.6 cm³/mol. The van der Waals surface area contributed by atoms with Crippen LogP contribution in [0.5, 0.6) is 0 Å². The number of carbonyl (C=O) groups excluding carboxylic acids is 1. The van der Waals surface area contributed by atoms with Crippen molar-refractivity contribution in [2.24, 2.45) is 11.7 Å². The van der Waals surface area contributed by atoms with Gasteiger partial charge in [0.2, 0.25) is 0 Å². The van der Waals surface area contributed by atoms with Crippen LogP contribution < -0.4 is 11.1 Å². The molecule has 1 saturated heterocycles. The molecule has 0 aliphatic carbocycles. The maximum Gasteiger partial charge on any atom is 0.251 e. The van der Waals surface area contributed by atoms with Gasteiger partial charge in [-0.2, -0.15) is 0 Å². The van der Waals surface area contributed by atoms with Gasteiger partial charge in [-0.15, -0.1) is 12.4 Å². The van der Waals surface area contributed by atoms with E-state index < -0.39 is 0 Å². The Kier molecular flexibility index (Phi) is 7.15. The van der Waals surface area contributed by atoms with Gasteiger partial charge in [0.15, 0.2) is 0 Å². The fraction of sp³-hybridized carbons (Fsp3) is 0.562. The Morgan fingerprint density at radius 1 is 1.38 bits per heavy atom. The molecule has 0 bridgehead atoms. The zero-order valence-electron chi connectivity index (χ0n) is 12.7. The van der Waals surface area contributed by atoms with E-state index in [0.717, 1.165) is 25.0 Å². The van der Waals surface area contributed by atoms with Crippen molar-refractivity contribution in [3.05, 3.63) is 35.4 Å². The van der Waals surface area contributed by atoms with E-state index in [1.165, 1.54) is 0 Å². The summed E-state index contributed by atoms with van der Waals surface area (Å²) in [6.07, 6.45) is 2.02. The third kappa shape index (κ3) is 4.99. The average Bonchev–Trinajstić information content (AvgIpc) is 2.47. The number of benzene rings is 1. The molecule has 1 heterocycles. The summed E-state index contributed by atoms with van der Waals surface area (Å²) in [6, 6.07) is 7.66. The van der Waals surface area contributed by atoms with Crippen LogP contribution in [-0.2, 0) is 11.3 Å². The lowest BCUT2D eigenvalue weighted by molar-refractivity contribution is -0.0233. The van der Waals surface area contributed by atoms with E-state index in [-0.39, 0.29) is 30.5 Å². The number of ether oxygens (including phenoxy) is 1. The Hall–Kier alpha value is -1.10. The minimum absolute atomic E-state index is 0. The van der Waals surface area contributed by atoms with Gasteiger partial charge in [-0.05, 0) is 36.5 Å². The van der Waals surface area contributed by atoms with Gasteiger partial charge in [0.25, 0.3) is 5.91 Å². The van der Waals surface area contributed by atoms with Crippen LogP contribution in [0.1, 0.15) is 42.6 Å². The molecule has 0 saturated carbocycles. The van der Waals surface area contributed by atoms with Crippen LogP contribution in [0.15, 0.2) is 24.3 Å². The molecule has 2 atom stereocenters. The molecule has 0 radical (unpaired) electrons. The summed E-state index contributed by atoms with van der Waals surface area (Å²) in [5, 5.41) is 3.11. The largest absolute Gasteiger partial charge is 0.378 e. The first kappa shape index (κ1) is 18.0. The van der Waals surface area contributed by atoms with Crippen molar-refractivity contribution >= 4 is 18.3 Å². The molecule has 2 unspecified atom stereocenters. The Labute approximate surface area is 132 Å². The van der Waals surface area contributed by atoms with Crippen molar-refractivity contribution in [1.82, 2.24) is 5.32 Å². The van der Waals surface area contributed by atoms with Crippen molar-refractivity contribution in [2.45, 2.75) is 45.4 Å². The normalized spacial score (nSPS) is 21.7. The van der Waals surface area contributed by atoms with Crippen molar-refractivity contribution in [3.8, 4) is 0 Å². The third-order valence-corrected chi connectivity index (χ3v) is 3.85. The number of amides is 1. The molecule has 1 aliphatic heterocycles. The second kappa shape index (κ2) is 8.37. The summed E-state index contributed by atoms with van der Waals surface area (Å²) in [6.45, 7) is 5.53. The fourth-order valence-corrected chi connectivity index (χ4v) is 2.48. The first-order valence-electron chi connectivity index (χ1n) is 7.31. The molecule has 1 aromatic rings. The molecular formula is C16H25ClN2O2. The van der Waals surface area contributed by atoms with Crippen LogP contribution in [0, 0.1) is 5.92 Å². The number of nitrogens with one attached hydrogen (secondary N) is 1. The summed E-state index contributed by atoms with van der Waals surface area (Å²) in [4.78, 5) is 12.2. The quantitative estimate of drug-likeness (QED) is 0.898. The first-order chi connectivity index (χ1) is 9.60. The summed E-state index contributed by atoms with van der Waals surface area (Å²) in [5.41, 5.74) is 7.28. The maximum absolute atomic E-state index is 12.2. The standard InChI is InChI=1S/C16H24N2O2.ClH/c1-11(2)15-9-14(7-8-20-15)18-16(19)13-5-3-12(10-17)4-6-13;/h3-6,11,14-15H,7-10,17H2,1-2H3,(H,18,19);1H. The number of hydrogen-bond acceptors (Lipinski definition) is 3. The fourth-order valence-electron chi connectivity index (χ4n) is 2.48. The van der Waals surface area contributed by atoms with Gasteiger partial charge in [0.05, 0.1) is 6.10 Å². The number of rotatable bonds is 4. The lowest BCUT2D eigenvalue weighted by Crippen LogP contribution is -2.43. The van der Waals surface area contributed by atoms with Crippen molar-refractivity contribution < 1.29 is 9.53 Å². The Bertz CT molecular complexity index is 448. The number of carbonyl (C=O) groups is 1. The SMILES string of the molecule is CC(C)C1CC(NC(=O)c2ccc(CN)cc2)CCO1.Cl. The molecule has 1 aromatic carbocycles. The topological polar surface area (TPSA) is 64.4 Å². The van der Waals surface area contributed by atoms with E-state index in [9.17, 15) is 4.79 Å². The van der Waals surface area contributed by atoms with Crippen LogP contribution >= 0.6 is 12.4 Å². The molecule has 118 valence electrons. The maximum atomic E-state index is 12.2. The van der Waals surface area contributed by atoms with E-state index in [4.69, 9.17) is 10.5 Å². The molecular weight excluding hydrogens is 288 g/mol. The molecule has 0 aromatic heterocycles. The van der Waals surface area contributed by atoms with Crippen LogP contribution in [0.4, 0.5) is 0 Å². The highest BCUT2D eigenvalue weighted by molar-refractivity contribution is 5.94. The molecule has 21 heavy (non-hydrogen) atoms. The second-order valence-corrected chi connectivity index (χ2v) is 5.75. The Morgan fingerprint density at radius 2 is 2.05 bits per heavy atom. The summed E-state index contributed by atoms with van der Waals surface area (Å²) < 4.78 is 5.72. The van der Waals surface area contributed by atoms with Gasteiger partial charge in [0, 0.05) is 24.8 Å². The van der Waals surface area contributed by atoms with Crippen LogP contribution in [0.2, 0.25) is 0 Å². The zero-order valence-corrected chi connectivity index (χ0v) is 13.5. The number of halogens is 1. The van der Waals surface area contributed by atoms with E-state index >= 15 is 0 Å².